The lowest BCUT2D eigenvalue weighted by molar-refractivity contribution is -0.141. The Balaban J connectivity index is 2.65. The Labute approximate surface area is 80.8 Å². The summed E-state index contributed by atoms with van der Waals surface area (Å²) in [6.45, 7) is 0.164. The number of carbonyl (C=O) groups is 2. The molecule has 1 aliphatic heterocycles. The van der Waals surface area contributed by atoms with Crippen LogP contribution in [0.4, 0.5) is 4.79 Å². The molecule has 1 heterocycles. The molecular weight excluding hydrogens is 190 g/mol. The zero-order chi connectivity index (χ0) is 10.7. The number of aliphatic hydroxyl groups is 1. The first-order valence-electron chi connectivity index (χ1n) is 4.39. The number of carboxylic acid groups (broad SMARTS) is 2. The largest absolute Gasteiger partial charge is 0.480 e. The average molecular weight is 203 g/mol. The second kappa shape index (κ2) is 4.28. The molecule has 1 amide bonds. The van der Waals surface area contributed by atoms with Crippen LogP contribution in [-0.4, -0.2) is 51.5 Å². The van der Waals surface area contributed by atoms with Crippen molar-refractivity contribution in [3.8, 4) is 0 Å². The standard InChI is InChI=1S/C8H13NO5/c10-2-1-5-3-6(7(11)12)9(4-5)8(13)14/h5-6,10H,1-4H2,(H,11,12)(H,13,14)/t5-,6-/m0/s1. The van der Waals surface area contributed by atoms with Gasteiger partial charge in [-0.25, -0.2) is 9.59 Å². The number of likely N-dealkylation sites (tertiary alicyclic amines) is 1. The lowest BCUT2D eigenvalue weighted by Crippen LogP contribution is -2.39. The molecule has 1 saturated heterocycles. The van der Waals surface area contributed by atoms with E-state index in [1.807, 2.05) is 0 Å². The van der Waals surface area contributed by atoms with Gasteiger partial charge in [0.05, 0.1) is 0 Å². The number of hydrogen-bond acceptors (Lipinski definition) is 3. The van der Waals surface area contributed by atoms with E-state index in [0.29, 0.717) is 12.8 Å². The molecule has 0 aromatic carbocycles. The molecule has 2 atom stereocenters. The van der Waals surface area contributed by atoms with Crippen LogP contribution < -0.4 is 0 Å². The van der Waals surface area contributed by atoms with E-state index in [4.69, 9.17) is 15.3 Å². The maximum Gasteiger partial charge on any atom is 0.408 e. The molecule has 0 spiro atoms. The first-order valence-corrected chi connectivity index (χ1v) is 4.39. The summed E-state index contributed by atoms with van der Waals surface area (Å²) >= 11 is 0. The molecule has 1 aliphatic rings. The Kier molecular flexibility index (Phi) is 3.29. The SMILES string of the molecule is O=C(O)[C@@H]1C[C@H](CCO)CN1C(=O)O. The van der Waals surface area contributed by atoms with Crippen molar-refractivity contribution in [3.63, 3.8) is 0 Å². The summed E-state index contributed by atoms with van der Waals surface area (Å²) in [4.78, 5) is 22.3. The summed E-state index contributed by atoms with van der Waals surface area (Å²) in [6, 6.07) is -0.955. The fraction of sp³-hybridized carbons (Fsp3) is 0.750. The minimum absolute atomic E-state index is 0.0372. The molecule has 0 aromatic heterocycles. The third-order valence-electron chi connectivity index (χ3n) is 2.46. The Hall–Kier alpha value is -1.30. The van der Waals surface area contributed by atoms with Crippen LogP contribution in [0.5, 0.6) is 0 Å². The fourth-order valence-corrected chi connectivity index (χ4v) is 1.76. The molecule has 0 bridgehead atoms. The number of carboxylic acids is 1. The summed E-state index contributed by atoms with van der Waals surface area (Å²) in [7, 11) is 0. The lowest BCUT2D eigenvalue weighted by Gasteiger charge is -2.16. The Morgan fingerprint density at radius 3 is 2.36 bits per heavy atom. The molecule has 80 valence electrons. The van der Waals surface area contributed by atoms with E-state index in [1.54, 1.807) is 0 Å². The maximum absolute atomic E-state index is 10.7. The maximum atomic E-state index is 10.7. The van der Waals surface area contributed by atoms with E-state index in [9.17, 15) is 9.59 Å². The highest BCUT2D eigenvalue weighted by molar-refractivity contribution is 5.80. The molecule has 1 fully saturated rings. The van der Waals surface area contributed by atoms with E-state index in [2.05, 4.69) is 0 Å². The number of aliphatic carboxylic acids is 1. The van der Waals surface area contributed by atoms with Crippen LogP contribution in [-0.2, 0) is 4.79 Å². The monoisotopic (exact) mass is 203 g/mol. The molecule has 0 unspecified atom stereocenters. The van der Waals surface area contributed by atoms with Gasteiger partial charge in [-0.1, -0.05) is 0 Å². The normalized spacial score (nSPS) is 26.5. The van der Waals surface area contributed by atoms with Crippen LogP contribution >= 0.6 is 0 Å². The molecule has 0 aromatic rings. The van der Waals surface area contributed by atoms with Crippen LogP contribution in [0.1, 0.15) is 12.8 Å². The quantitative estimate of drug-likeness (QED) is 0.591. The Morgan fingerprint density at radius 2 is 2.00 bits per heavy atom. The number of rotatable bonds is 3. The molecule has 0 aliphatic carbocycles. The molecule has 14 heavy (non-hydrogen) atoms. The zero-order valence-electron chi connectivity index (χ0n) is 7.59. The summed E-state index contributed by atoms with van der Waals surface area (Å²) < 4.78 is 0. The van der Waals surface area contributed by atoms with Crippen molar-refractivity contribution >= 4 is 12.1 Å². The summed E-state index contributed by atoms with van der Waals surface area (Å²) in [5.74, 6) is -1.16. The number of amides is 1. The lowest BCUT2D eigenvalue weighted by atomic mass is 10.0. The first kappa shape index (κ1) is 10.8. The Bertz CT molecular complexity index is 220. The van der Waals surface area contributed by atoms with Crippen molar-refractivity contribution in [1.82, 2.24) is 4.90 Å². The summed E-state index contributed by atoms with van der Waals surface area (Å²) in [5.41, 5.74) is 0. The van der Waals surface area contributed by atoms with E-state index in [0.717, 1.165) is 4.90 Å². The van der Waals surface area contributed by atoms with Gasteiger partial charge in [-0.15, -0.1) is 0 Å². The van der Waals surface area contributed by atoms with Crippen molar-refractivity contribution in [2.45, 2.75) is 18.9 Å². The van der Waals surface area contributed by atoms with E-state index >= 15 is 0 Å². The molecular formula is C8H13NO5. The van der Waals surface area contributed by atoms with Gasteiger partial charge < -0.3 is 15.3 Å². The second-order valence-corrected chi connectivity index (χ2v) is 3.40. The highest BCUT2D eigenvalue weighted by atomic mass is 16.4. The van der Waals surface area contributed by atoms with Gasteiger partial charge in [-0.05, 0) is 18.8 Å². The van der Waals surface area contributed by atoms with Crippen molar-refractivity contribution in [2.24, 2.45) is 5.92 Å². The Morgan fingerprint density at radius 1 is 1.36 bits per heavy atom. The third-order valence-corrected chi connectivity index (χ3v) is 2.46. The molecule has 6 heteroatoms. The zero-order valence-corrected chi connectivity index (χ0v) is 7.59. The molecule has 0 saturated carbocycles. The number of aliphatic hydroxyl groups excluding tert-OH is 1. The van der Waals surface area contributed by atoms with Gasteiger partial charge in [-0.2, -0.15) is 0 Å². The van der Waals surface area contributed by atoms with Crippen molar-refractivity contribution < 1.29 is 24.9 Å². The highest BCUT2D eigenvalue weighted by Gasteiger charge is 2.39. The minimum atomic E-state index is -1.21. The van der Waals surface area contributed by atoms with Gasteiger partial charge in [0.2, 0.25) is 0 Å². The average Bonchev–Trinajstić information content (AvgIpc) is 2.49. The van der Waals surface area contributed by atoms with E-state index < -0.39 is 18.1 Å². The van der Waals surface area contributed by atoms with E-state index in [-0.39, 0.29) is 19.1 Å². The molecule has 1 rings (SSSR count). The van der Waals surface area contributed by atoms with Crippen molar-refractivity contribution in [1.29, 1.82) is 0 Å². The first-order chi connectivity index (χ1) is 6.56. The van der Waals surface area contributed by atoms with E-state index in [1.165, 1.54) is 0 Å². The topological polar surface area (TPSA) is 98.1 Å². The van der Waals surface area contributed by atoms with Gasteiger partial charge in [0.25, 0.3) is 0 Å². The van der Waals surface area contributed by atoms with Gasteiger partial charge in [0, 0.05) is 13.2 Å². The van der Waals surface area contributed by atoms with Crippen LogP contribution in [0.2, 0.25) is 0 Å². The number of nitrogens with zero attached hydrogens (tertiary/aromatic N) is 1. The van der Waals surface area contributed by atoms with Gasteiger partial charge in [-0.3, -0.25) is 4.90 Å². The molecule has 0 radical (unpaired) electrons. The smallest absolute Gasteiger partial charge is 0.408 e. The van der Waals surface area contributed by atoms with Gasteiger partial charge in [0.1, 0.15) is 6.04 Å². The van der Waals surface area contributed by atoms with Crippen molar-refractivity contribution in [3.05, 3.63) is 0 Å². The van der Waals surface area contributed by atoms with Gasteiger partial charge >= 0.3 is 12.1 Å². The van der Waals surface area contributed by atoms with Crippen LogP contribution in [0, 0.1) is 5.92 Å². The molecule has 3 N–H and O–H groups in total. The number of hydrogen-bond donors (Lipinski definition) is 3. The summed E-state index contributed by atoms with van der Waals surface area (Å²) in [6.07, 6.45) is -0.465. The summed E-state index contributed by atoms with van der Waals surface area (Å²) in [5, 5.41) is 26.1. The minimum Gasteiger partial charge on any atom is -0.480 e. The third kappa shape index (κ3) is 2.14. The van der Waals surface area contributed by atoms with Crippen LogP contribution in [0.3, 0.4) is 0 Å². The predicted molar refractivity (Wildman–Crippen MR) is 46.0 cm³/mol. The van der Waals surface area contributed by atoms with Gasteiger partial charge in [0.15, 0.2) is 0 Å². The second-order valence-electron chi connectivity index (χ2n) is 3.40. The fourth-order valence-electron chi connectivity index (χ4n) is 1.76. The van der Waals surface area contributed by atoms with Crippen LogP contribution in [0.15, 0.2) is 0 Å². The highest BCUT2D eigenvalue weighted by Crippen LogP contribution is 2.25. The van der Waals surface area contributed by atoms with Crippen molar-refractivity contribution in [2.75, 3.05) is 13.2 Å². The van der Waals surface area contributed by atoms with Crippen LogP contribution in [0.25, 0.3) is 0 Å². The molecule has 6 nitrogen and oxygen atoms in total. The predicted octanol–water partition coefficient (Wildman–Crippen LogP) is -0.178.